The first-order chi connectivity index (χ1) is 11.9. The molecule has 0 aliphatic heterocycles. The summed E-state index contributed by atoms with van der Waals surface area (Å²) in [4.78, 5) is 36.0. The van der Waals surface area contributed by atoms with Crippen LogP contribution in [0.15, 0.2) is 24.3 Å². The molecule has 1 saturated carbocycles. The van der Waals surface area contributed by atoms with E-state index in [4.69, 9.17) is 15.6 Å². The maximum absolute atomic E-state index is 12.7. The molecule has 5 N–H and O–H groups in total. The molecule has 0 saturated heterocycles. The Labute approximate surface area is 151 Å². The molecular weight excluding hydrogens is 340 g/mol. The molecule has 8 heteroatoms. The van der Waals surface area contributed by atoms with E-state index < -0.39 is 40.9 Å². The molecule has 2 unspecified atom stereocenters. The fourth-order valence-corrected chi connectivity index (χ4v) is 2.65. The van der Waals surface area contributed by atoms with Gasteiger partial charge in [0.25, 0.3) is 0 Å². The lowest BCUT2D eigenvalue weighted by Crippen LogP contribution is -2.47. The molecule has 0 radical (unpaired) electrons. The second-order valence-corrected chi connectivity index (χ2v) is 7.57. The SMILES string of the molecule is CC(C)(C)OC(=O)N[C@@H](Cc1ccc(O)cc1)C(=O)C1CC1(N)C(=O)O. The van der Waals surface area contributed by atoms with Gasteiger partial charge < -0.3 is 26.0 Å². The molecule has 26 heavy (non-hydrogen) atoms. The summed E-state index contributed by atoms with van der Waals surface area (Å²) in [6.07, 6.45) is -0.610. The second-order valence-electron chi connectivity index (χ2n) is 7.57. The third-order valence-corrected chi connectivity index (χ3v) is 4.16. The van der Waals surface area contributed by atoms with Gasteiger partial charge in [0, 0.05) is 0 Å². The van der Waals surface area contributed by atoms with Crippen LogP contribution in [0.4, 0.5) is 4.79 Å². The Morgan fingerprint density at radius 1 is 1.31 bits per heavy atom. The molecule has 3 atom stereocenters. The monoisotopic (exact) mass is 364 g/mol. The van der Waals surface area contributed by atoms with Crippen LogP contribution in [0.1, 0.15) is 32.8 Å². The van der Waals surface area contributed by atoms with Crippen LogP contribution in [-0.2, 0) is 20.7 Å². The molecule has 0 heterocycles. The number of phenolic OH excluding ortho intramolecular Hbond substituents is 1. The third kappa shape index (κ3) is 4.72. The van der Waals surface area contributed by atoms with Gasteiger partial charge in [-0.25, -0.2) is 4.79 Å². The molecule has 2 rings (SSSR count). The zero-order valence-corrected chi connectivity index (χ0v) is 15.0. The number of nitrogens with two attached hydrogens (primary N) is 1. The van der Waals surface area contributed by atoms with Crippen molar-refractivity contribution in [2.45, 2.75) is 50.8 Å². The third-order valence-electron chi connectivity index (χ3n) is 4.16. The molecule has 0 spiro atoms. The van der Waals surface area contributed by atoms with E-state index in [1.807, 2.05) is 0 Å². The molecule has 0 bridgehead atoms. The molecule has 0 aromatic heterocycles. The number of rotatable bonds is 6. The molecule has 8 nitrogen and oxygen atoms in total. The number of carbonyl (C=O) groups is 3. The molecule has 142 valence electrons. The van der Waals surface area contributed by atoms with Crippen molar-refractivity contribution in [3.05, 3.63) is 29.8 Å². The number of phenols is 1. The van der Waals surface area contributed by atoms with E-state index in [-0.39, 0.29) is 18.6 Å². The highest BCUT2D eigenvalue weighted by Gasteiger charge is 2.62. The molecular formula is C18H24N2O6. The van der Waals surface area contributed by atoms with Crippen LogP contribution in [-0.4, -0.2) is 45.2 Å². The summed E-state index contributed by atoms with van der Waals surface area (Å²) in [5.41, 5.74) is 4.09. The van der Waals surface area contributed by atoms with E-state index >= 15 is 0 Å². The number of carboxylic acid groups (broad SMARTS) is 1. The van der Waals surface area contributed by atoms with E-state index in [0.717, 1.165) is 0 Å². The molecule has 1 amide bonds. The fraction of sp³-hybridized carbons (Fsp3) is 0.500. The van der Waals surface area contributed by atoms with Gasteiger partial charge in [-0.1, -0.05) is 12.1 Å². The van der Waals surface area contributed by atoms with Gasteiger partial charge in [0.1, 0.15) is 16.9 Å². The zero-order chi connectivity index (χ0) is 19.7. The predicted octanol–water partition coefficient (Wildman–Crippen LogP) is 1.20. The van der Waals surface area contributed by atoms with E-state index in [9.17, 15) is 19.5 Å². The number of benzene rings is 1. The topological polar surface area (TPSA) is 139 Å². The highest BCUT2D eigenvalue weighted by atomic mass is 16.6. The average molecular weight is 364 g/mol. The van der Waals surface area contributed by atoms with Gasteiger partial charge in [0.15, 0.2) is 5.78 Å². The lowest BCUT2D eigenvalue weighted by molar-refractivity contribution is -0.141. The van der Waals surface area contributed by atoms with E-state index in [1.54, 1.807) is 32.9 Å². The van der Waals surface area contributed by atoms with Crippen molar-refractivity contribution < 1.29 is 29.3 Å². The van der Waals surface area contributed by atoms with Crippen LogP contribution in [0.25, 0.3) is 0 Å². The lowest BCUT2D eigenvalue weighted by Gasteiger charge is -2.23. The number of nitrogens with one attached hydrogen (secondary N) is 1. The quantitative estimate of drug-likeness (QED) is 0.595. The van der Waals surface area contributed by atoms with E-state index in [0.29, 0.717) is 5.56 Å². The van der Waals surface area contributed by atoms with Gasteiger partial charge in [-0.2, -0.15) is 0 Å². The first-order valence-electron chi connectivity index (χ1n) is 8.26. The number of aromatic hydroxyl groups is 1. The molecule has 1 aromatic carbocycles. The minimum Gasteiger partial charge on any atom is -0.508 e. The minimum atomic E-state index is -1.58. The Morgan fingerprint density at radius 2 is 1.88 bits per heavy atom. The predicted molar refractivity (Wildman–Crippen MR) is 92.6 cm³/mol. The lowest BCUT2D eigenvalue weighted by atomic mass is 9.98. The van der Waals surface area contributed by atoms with Crippen LogP contribution in [0.5, 0.6) is 5.75 Å². The van der Waals surface area contributed by atoms with Crippen LogP contribution < -0.4 is 11.1 Å². The Kier molecular flexibility index (Phi) is 5.27. The Morgan fingerprint density at radius 3 is 2.35 bits per heavy atom. The maximum atomic E-state index is 12.7. The first-order valence-corrected chi connectivity index (χ1v) is 8.26. The van der Waals surface area contributed by atoms with Crippen molar-refractivity contribution in [1.29, 1.82) is 0 Å². The van der Waals surface area contributed by atoms with Crippen molar-refractivity contribution >= 4 is 17.8 Å². The number of amides is 1. The molecule has 1 fully saturated rings. The number of ether oxygens (including phenoxy) is 1. The van der Waals surface area contributed by atoms with Crippen molar-refractivity contribution in [3.63, 3.8) is 0 Å². The van der Waals surface area contributed by atoms with Crippen molar-refractivity contribution in [2.24, 2.45) is 11.7 Å². The number of alkyl carbamates (subject to hydrolysis) is 1. The van der Waals surface area contributed by atoms with Crippen LogP contribution in [0, 0.1) is 5.92 Å². The van der Waals surface area contributed by atoms with E-state index in [2.05, 4.69) is 5.32 Å². The summed E-state index contributed by atoms with van der Waals surface area (Å²) < 4.78 is 5.18. The fourth-order valence-electron chi connectivity index (χ4n) is 2.65. The minimum absolute atomic E-state index is 0.0310. The number of hydrogen-bond acceptors (Lipinski definition) is 6. The Balaban J connectivity index is 2.15. The number of ketones is 1. The van der Waals surface area contributed by atoms with Gasteiger partial charge in [0.05, 0.1) is 12.0 Å². The van der Waals surface area contributed by atoms with Crippen molar-refractivity contribution in [3.8, 4) is 5.75 Å². The Bertz CT molecular complexity index is 709. The van der Waals surface area contributed by atoms with Gasteiger partial charge >= 0.3 is 12.1 Å². The van der Waals surface area contributed by atoms with Crippen molar-refractivity contribution in [2.75, 3.05) is 0 Å². The number of hydrogen-bond donors (Lipinski definition) is 4. The maximum Gasteiger partial charge on any atom is 0.408 e. The van der Waals surface area contributed by atoms with Gasteiger partial charge in [-0.3, -0.25) is 9.59 Å². The highest BCUT2D eigenvalue weighted by molar-refractivity contribution is 6.00. The van der Waals surface area contributed by atoms with Gasteiger partial charge in [-0.15, -0.1) is 0 Å². The zero-order valence-electron chi connectivity index (χ0n) is 15.0. The summed E-state index contributed by atoms with van der Waals surface area (Å²) >= 11 is 0. The largest absolute Gasteiger partial charge is 0.508 e. The molecule has 1 aliphatic rings. The Hall–Kier alpha value is -2.61. The van der Waals surface area contributed by atoms with Gasteiger partial charge in [-0.05, 0) is 51.3 Å². The number of aliphatic carboxylic acids is 1. The van der Waals surface area contributed by atoms with Crippen LogP contribution in [0.3, 0.4) is 0 Å². The molecule has 1 aromatic rings. The van der Waals surface area contributed by atoms with E-state index in [1.165, 1.54) is 12.1 Å². The highest BCUT2D eigenvalue weighted by Crippen LogP contribution is 2.42. The number of Topliss-reactive ketones (excluding diaryl/α,β-unsaturated/α-hetero) is 1. The van der Waals surface area contributed by atoms with Crippen LogP contribution >= 0.6 is 0 Å². The summed E-state index contributed by atoms with van der Waals surface area (Å²) in [6, 6.07) is 5.18. The number of carboxylic acids is 1. The van der Waals surface area contributed by atoms with Gasteiger partial charge in [0.2, 0.25) is 0 Å². The number of carbonyl (C=O) groups excluding carboxylic acids is 2. The standard InChI is InChI=1S/C18H24N2O6/c1-17(2,3)26-16(25)20-13(8-10-4-6-11(21)7-5-10)14(22)12-9-18(12,19)15(23)24/h4-7,12-13,21H,8-9,19H2,1-3H3,(H,20,25)(H,23,24)/t12?,13-,18?/m0/s1. The smallest absolute Gasteiger partial charge is 0.408 e. The summed E-state index contributed by atoms with van der Waals surface area (Å²) in [6.45, 7) is 5.08. The second kappa shape index (κ2) is 6.95. The van der Waals surface area contributed by atoms with Crippen molar-refractivity contribution in [1.82, 2.24) is 5.32 Å². The average Bonchev–Trinajstić information content (AvgIpc) is 3.20. The summed E-state index contributed by atoms with van der Waals surface area (Å²) in [5, 5.41) is 21.0. The summed E-state index contributed by atoms with van der Waals surface area (Å²) in [7, 11) is 0. The summed E-state index contributed by atoms with van der Waals surface area (Å²) in [5.74, 6) is -2.48. The molecule has 1 aliphatic carbocycles. The van der Waals surface area contributed by atoms with Crippen LogP contribution in [0.2, 0.25) is 0 Å². The first kappa shape index (κ1) is 19.7. The normalized spacial score (nSPS) is 23.0.